The first-order chi connectivity index (χ1) is 14.0. The number of hydrogen-bond donors (Lipinski definition) is 0. The Kier molecular flexibility index (Phi) is 4.96. The Morgan fingerprint density at radius 2 is 1.76 bits per heavy atom. The van der Waals surface area contributed by atoms with Crippen LogP contribution in [0.1, 0.15) is 40.3 Å². The zero-order valence-electron chi connectivity index (χ0n) is 17.0. The molecule has 2 aromatic carbocycles. The molecule has 0 spiro atoms. The maximum Gasteiger partial charge on any atom is 0.276 e. The van der Waals surface area contributed by atoms with Crippen LogP contribution in [0.25, 0.3) is 5.69 Å². The molecule has 0 saturated heterocycles. The summed E-state index contributed by atoms with van der Waals surface area (Å²) < 4.78 is 10.9. The average Bonchev–Trinajstić information content (AvgIpc) is 3.15. The Bertz CT molecular complexity index is 1050. The predicted molar refractivity (Wildman–Crippen MR) is 109 cm³/mol. The predicted octanol–water partition coefficient (Wildman–Crippen LogP) is 3.35. The number of benzene rings is 2. The van der Waals surface area contributed by atoms with Crippen molar-refractivity contribution in [1.29, 1.82) is 0 Å². The van der Waals surface area contributed by atoms with E-state index < -0.39 is 0 Å². The van der Waals surface area contributed by atoms with Crippen molar-refractivity contribution in [3.05, 3.63) is 65.0 Å². The highest BCUT2D eigenvalue weighted by atomic mass is 16.5. The molecule has 1 amide bonds. The van der Waals surface area contributed by atoms with Crippen molar-refractivity contribution in [3.63, 3.8) is 0 Å². The molecule has 4 rings (SSSR count). The number of para-hydroxylation sites is 1. The standard InChI is InChI=1S/C22H24N4O3/c1-14-21(24-26(23-14)17-8-6-5-7-9-17)22(27)25-11-10-16-12-19(28-3)20(29-4)13-18(16)15(25)2/h5-9,12-13,15H,10-11H2,1-4H3/t15-/m1/s1. The molecule has 1 aliphatic heterocycles. The van der Waals surface area contributed by atoms with Crippen LogP contribution in [-0.2, 0) is 6.42 Å². The smallest absolute Gasteiger partial charge is 0.276 e. The Morgan fingerprint density at radius 1 is 1.07 bits per heavy atom. The number of ether oxygens (including phenoxy) is 2. The van der Waals surface area contributed by atoms with Crippen molar-refractivity contribution in [2.45, 2.75) is 26.3 Å². The van der Waals surface area contributed by atoms with Crippen LogP contribution in [0.4, 0.5) is 0 Å². The van der Waals surface area contributed by atoms with Crippen LogP contribution in [0.15, 0.2) is 42.5 Å². The molecule has 0 radical (unpaired) electrons. The monoisotopic (exact) mass is 392 g/mol. The van der Waals surface area contributed by atoms with Crippen molar-refractivity contribution in [2.24, 2.45) is 0 Å². The van der Waals surface area contributed by atoms with Gasteiger partial charge in [-0.1, -0.05) is 18.2 Å². The summed E-state index contributed by atoms with van der Waals surface area (Å²) in [5.74, 6) is 1.26. The number of fused-ring (bicyclic) bond motifs is 1. The highest BCUT2D eigenvalue weighted by molar-refractivity contribution is 5.93. The Balaban J connectivity index is 1.65. The van der Waals surface area contributed by atoms with Gasteiger partial charge in [-0.15, -0.1) is 5.10 Å². The number of amides is 1. The summed E-state index contributed by atoms with van der Waals surface area (Å²) in [7, 11) is 3.25. The normalized spacial score (nSPS) is 15.7. The van der Waals surface area contributed by atoms with E-state index in [2.05, 4.69) is 10.2 Å². The molecular formula is C22H24N4O3. The fourth-order valence-electron chi connectivity index (χ4n) is 3.81. The van der Waals surface area contributed by atoms with Gasteiger partial charge in [0.05, 0.1) is 31.6 Å². The summed E-state index contributed by atoms with van der Waals surface area (Å²) in [6, 6.07) is 13.5. The first-order valence-corrected chi connectivity index (χ1v) is 9.58. The van der Waals surface area contributed by atoms with Crippen LogP contribution in [0.2, 0.25) is 0 Å². The highest BCUT2D eigenvalue weighted by Crippen LogP contribution is 2.38. The second-order valence-corrected chi connectivity index (χ2v) is 7.09. The van der Waals surface area contributed by atoms with Gasteiger partial charge in [0.1, 0.15) is 0 Å². The number of aromatic nitrogens is 3. The summed E-state index contributed by atoms with van der Waals surface area (Å²) in [5.41, 5.74) is 4.05. The second-order valence-electron chi connectivity index (χ2n) is 7.09. The van der Waals surface area contributed by atoms with Crippen molar-refractivity contribution in [3.8, 4) is 17.2 Å². The van der Waals surface area contributed by atoms with Gasteiger partial charge in [0, 0.05) is 6.54 Å². The fourth-order valence-corrected chi connectivity index (χ4v) is 3.81. The Morgan fingerprint density at radius 3 is 2.45 bits per heavy atom. The number of hydrogen-bond acceptors (Lipinski definition) is 5. The minimum absolute atomic E-state index is 0.104. The molecule has 29 heavy (non-hydrogen) atoms. The minimum atomic E-state index is -0.113. The van der Waals surface area contributed by atoms with Gasteiger partial charge in [-0.25, -0.2) is 0 Å². The molecule has 0 saturated carbocycles. The van der Waals surface area contributed by atoms with E-state index in [9.17, 15) is 4.79 Å². The third-order valence-corrected chi connectivity index (χ3v) is 5.42. The maximum absolute atomic E-state index is 13.3. The lowest BCUT2D eigenvalue weighted by atomic mass is 9.92. The van der Waals surface area contributed by atoms with Crippen LogP contribution in [0, 0.1) is 6.92 Å². The SMILES string of the molecule is COc1cc2c(cc1OC)[C@@H](C)N(C(=O)c1nn(-c3ccccc3)nc1C)CC2. The highest BCUT2D eigenvalue weighted by Gasteiger charge is 2.32. The van der Waals surface area contributed by atoms with E-state index in [0.29, 0.717) is 29.4 Å². The summed E-state index contributed by atoms with van der Waals surface area (Å²) in [6.45, 7) is 4.45. The number of methoxy groups -OCH3 is 2. The molecule has 0 N–H and O–H groups in total. The molecule has 3 aromatic rings. The van der Waals surface area contributed by atoms with Gasteiger partial charge in [-0.2, -0.15) is 9.90 Å². The number of carbonyl (C=O) groups is 1. The molecule has 0 aliphatic carbocycles. The molecule has 0 fully saturated rings. The van der Waals surface area contributed by atoms with Gasteiger partial charge in [0.25, 0.3) is 5.91 Å². The van der Waals surface area contributed by atoms with Gasteiger partial charge in [-0.3, -0.25) is 4.79 Å². The van der Waals surface area contributed by atoms with E-state index in [1.165, 1.54) is 10.4 Å². The molecule has 1 aromatic heterocycles. The molecule has 7 nitrogen and oxygen atoms in total. The first kappa shape index (κ1) is 19.0. The number of aryl methyl sites for hydroxylation is 1. The topological polar surface area (TPSA) is 69.5 Å². The molecule has 1 atom stereocenters. The molecule has 7 heteroatoms. The third kappa shape index (κ3) is 3.33. The van der Waals surface area contributed by atoms with Gasteiger partial charge in [0.2, 0.25) is 0 Å². The van der Waals surface area contributed by atoms with Gasteiger partial charge in [-0.05, 0) is 55.7 Å². The summed E-state index contributed by atoms with van der Waals surface area (Å²) in [6.07, 6.45) is 0.748. The second kappa shape index (κ2) is 7.58. The van der Waals surface area contributed by atoms with E-state index in [1.807, 2.05) is 61.2 Å². The lowest BCUT2D eigenvalue weighted by molar-refractivity contribution is 0.0670. The Hall–Kier alpha value is -3.35. The fraction of sp³-hybridized carbons (Fsp3) is 0.318. The van der Waals surface area contributed by atoms with Crippen molar-refractivity contribution in [1.82, 2.24) is 19.9 Å². The number of carbonyl (C=O) groups excluding carboxylic acids is 1. The summed E-state index contributed by atoms with van der Waals surface area (Å²) >= 11 is 0. The molecule has 1 aliphatic rings. The molecule has 0 unspecified atom stereocenters. The van der Waals surface area contributed by atoms with E-state index in [4.69, 9.17) is 9.47 Å². The lowest BCUT2D eigenvalue weighted by Gasteiger charge is -2.35. The summed E-state index contributed by atoms with van der Waals surface area (Å²) in [4.78, 5) is 16.7. The van der Waals surface area contributed by atoms with E-state index in [1.54, 1.807) is 14.2 Å². The number of nitrogens with zero attached hydrogens (tertiary/aromatic N) is 4. The maximum atomic E-state index is 13.3. The molecule has 150 valence electrons. The van der Waals surface area contributed by atoms with Gasteiger partial charge >= 0.3 is 0 Å². The number of rotatable bonds is 4. The van der Waals surface area contributed by atoms with E-state index in [0.717, 1.165) is 17.7 Å². The lowest BCUT2D eigenvalue weighted by Crippen LogP contribution is -2.39. The largest absolute Gasteiger partial charge is 0.493 e. The van der Waals surface area contributed by atoms with E-state index >= 15 is 0 Å². The van der Waals surface area contributed by atoms with E-state index in [-0.39, 0.29) is 11.9 Å². The van der Waals surface area contributed by atoms with Gasteiger partial charge < -0.3 is 14.4 Å². The van der Waals surface area contributed by atoms with Crippen molar-refractivity contribution >= 4 is 5.91 Å². The zero-order chi connectivity index (χ0) is 20.5. The van der Waals surface area contributed by atoms with Crippen LogP contribution >= 0.6 is 0 Å². The van der Waals surface area contributed by atoms with Crippen LogP contribution in [-0.4, -0.2) is 46.6 Å². The van der Waals surface area contributed by atoms with Crippen molar-refractivity contribution in [2.75, 3.05) is 20.8 Å². The van der Waals surface area contributed by atoms with Crippen LogP contribution in [0.5, 0.6) is 11.5 Å². The molecule has 0 bridgehead atoms. The molecular weight excluding hydrogens is 368 g/mol. The van der Waals surface area contributed by atoms with Gasteiger partial charge in [0.15, 0.2) is 17.2 Å². The van der Waals surface area contributed by atoms with Crippen molar-refractivity contribution < 1.29 is 14.3 Å². The first-order valence-electron chi connectivity index (χ1n) is 9.58. The zero-order valence-corrected chi connectivity index (χ0v) is 17.0. The quantitative estimate of drug-likeness (QED) is 0.681. The Labute approximate surface area is 169 Å². The summed E-state index contributed by atoms with van der Waals surface area (Å²) in [5, 5.41) is 8.91. The third-order valence-electron chi connectivity index (χ3n) is 5.42. The van der Waals surface area contributed by atoms with Crippen LogP contribution in [0.3, 0.4) is 0 Å². The molecule has 2 heterocycles. The minimum Gasteiger partial charge on any atom is -0.493 e. The average molecular weight is 392 g/mol. The van der Waals surface area contributed by atoms with Crippen LogP contribution < -0.4 is 9.47 Å².